The number of nitrogens with one attached hydrogen (secondary N) is 1. The molecule has 0 saturated carbocycles. The summed E-state index contributed by atoms with van der Waals surface area (Å²) in [6, 6.07) is 3.86. The molecule has 94 valence electrons. The first-order valence-corrected chi connectivity index (χ1v) is 5.46. The summed E-state index contributed by atoms with van der Waals surface area (Å²) in [4.78, 5) is 11.9. The number of rotatable bonds is 4. The SMILES string of the molecule is CC(C)C(CO)NC(=O)c1cc(O)ccc1N. The van der Waals surface area contributed by atoms with Crippen LogP contribution in [-0.4, -0.2) is 28.8 Å². The Morgan fingerprint density at radius 3 is 2.65 bits per heavy atom. The molecule has 5 heteroatoms. The Labute approximate surface area is 100 Å². The first-order chi connectivity index (χ1) is 7.95. The fraction of sp³-hybridized carbons (Fsp3) is 0.417. The molecule has 0 saturated heterocycles. The molecule has 0 radical (unpaired) electrons. The van der Waals surface area contributed by atoms with Gasteiger partial charge < -0.3 is 21.3 Å². The number of nitrogen functional groups attached to an aromatic ring is 1. The first kappa shape index (κ1) is 13.3. The van der Waals surface area contributed by atoms with Crippen LogP contribution in [0.25, 0.3) is 0 Å². The number of aromatic hydroxyl groups is 1. The smallest absolute Gasteiger partial charge is 0.253 e. The summed E-state index contributed by atoms with van der Waals surface area (Å²) in [6.07, 6.45) is 0. The number of aliphatic hydroxyl groups is 1. The van der Waals surface area contributed by atoms with Crippen LogP contribution in [0.5, 0.6) is 5.75 Å². The third kappa shape index (κ3) is 3.35. The highest BCUT2D eigenvalue weighted by atomic mass is 16.3. The van der Waals surface area contributed by atoms with Gasteiger partial charge in [0.15, 0.2) is 0 Å². The number of hydrogen-bond acceptors (Lipinski definition) is 4. The molecular weight excluding hydrogens is 220 g/mol. The molecule has 0 aliphatic carbocycles. The summed E-state index contributed by atoms with van der Waals surface area (Å²) in [5.74, 6) is -0.303. The Hall–Kier alpha value is -1.75. The normalized spacial score (nSPS) is 12.5. The lowest BCUT2D eigenvalue weighted by Gasteiger charge is -2.20. The summed E-state index contributed by atoms with van der Waals surface area (Å²) < 4.78 is 0. The predicted octanol–water partition coefficient (Wildman–Crippen LogP) is 0.721. The van der Waals surface area contributed by atoms with E-state index in [1.807, 2.05) is 13.8 Å². The number of anilines is 1. The van der Waals surface area contributed by atoms with E-state index in [2.05, 4.69) is 5.32 Å². The lowest BCUT2D eigenvalue weighted by atomic mass is 10.0. The van der Waals surface area contributed by atoms with Crippen molar-refractivity contribution in [1.82, 2.24) is 5.32 Å². The number of benzene rings is 1. The number of carbonyl (C=O) groups excluding carboxylic acids is 1. The molecule has 1 unspecified atom stereocenters. The highest BCUT2D eigenvalue weighted by Gasteiger charge is 2.18. The van der Waals surface area contributed by atoms with Gasteiger partial charge in [0.1, 0.15) is 5.75 Å². The summed E-state index contributed by atoms with van der Waals surface area (Å²) in [5, 5.41) is 21.1. The average molecular weight is 238 g/mol. The van der Waals surface area contributed by atoms with E-state index in [1.54, 1.807) is 0 Å². The monoisotopic (exact) mass is 238 g/mol. The zero-order chi connectivity index (χ0) is 13.0. The summed E-state index contributed by atoms with van der Waals surface area (Å²) in [7, 11) is 0. The van der Waals surface area contributed by atoms with E-state index in [-0.39, 0.29) is 29.9 Å². The number of hydrogen-bond donors (Lipinski definition) is 4. The predicted molar refractivity (Wildman–Crippen MR) is 65.7 cm³/mol. The summed E-state index contributed by atoms with van der Waals surface area (Å²) in [5.41, 5.74) is 6.15. The third-order valence-corrected chi connectivity index (χ3v) is 2.60. The van der Waals surface area contributed by atoms with Crippen LogP contribution in [0, 0.1) is 5.92 Å². The number of amides is 1. The molecule has 17 heavy (non-hydrogen) atoms. The van der Waals surface area contributed by atoms with Gasteiger partial charge in [0.25, 0.3) is 5.91 Å². The largest absolute Gasteiger partial charge is 0.508 e. The van der Waals surface area contributed by atoms with Crippen molar-refractivity contribution >= 4 is 11.6 Å². The second-order valence-corrected chi connectivity index (χ2v) is 4.28. The van der Waals surface area contributed by atoms with Gasteiger partial charge in [0.2, 0.25) is 0 Å². The Kier molecular flexibility index (Phi) is 4.34. The van der Waals surface area contributed by atoms with Gasteiger partial charge in [-0.2, -0.15) is 0 Å². The maximum Gasteiger partial charge on any atom is 0.253 e. The molecule has 1 aromatic carbocycles. The van der Waals surface area contributed by atoms with Crippen LogP contribution < -0.4 is 11.1 Å². The van der Waals surface area contributed by atoms with E-state index in [1.165, 1.54) is 18.2 Å². The van der Waals surface area contributed by atoms with E-state index in [4.69, 9.17) is 10.8 Å². The highest BCUT2D eigenvalue weighted by molar-refractivity contribution is 5.99. The molecule has 5 N–H and O–H groups in total. The molecular formula is C12H18N2O3. The first-order valence-electron chi connectivity index (χ1n) is 5.46. The molecule has 0 heterocycles. The van der Waals surface area contributed by atoms with Crippen molar-refractivity contribution in [3.63, 3.8) is 0 Å². The second kappa shape index (κ2) is 5.54. The van der Waals surface area contributed by atoms with Crippen LogP contribution in [0.4, 0.5) is 5.69 Å². The number of phenols is 1. The number of aliphatic hydroxyl groups excluding tert-OH is 1. The second-order valence-electron chi connectivity index (χ2n) is 4.28. The summed E-state index contributed by atoms with van der Waals surface area (Å²) in [6.45, 7) is 3.65. The third-order valence-electron chi connectivity index (χ3n) is 2.60. The maximum absolute atomic E-state index is 11.9. The van der Waals surface area contributed by atoms with Crippen molar-refractivity contribution in [2.45, 2.75) is 19.9 Å². The van der Waals surface area contributed by atoms with Crippen molar-refractivity contribution in [1.29, 1.82) is 0 Å². The van der Waals surface area contributed by atoms with Crippen molar-refractivity contribution in [3.05, 3.63) is 23.8 Å². The number of phenolic OH excluding ortho intramolecular Hbond substituents is 1. The Bertz CT molecular complexity index is 405. The molecule has 0 aliphatic heterocycles. The van der Waals surface area contributed by atoms with Crippen LogP contribution in [0.3, 0.4) is 0 Å². The van der Waals surface area contributed by atoms with Crippen LogP contribution in [-0.2, 0) is 0 Å². The molecule has 5 nitrogen and oxygen atoms in total. The minimum atomic E-state index is -0.397. The lowest BCUT2D eigenvalue weighted by molar-refractivity contribution is 0.0897. The van der Waals surface area contributed by atoms with Gasteiger partial charge in [-0.25, -0.2) is 0 Å². The molecule has 0 aliphatic rings. The van der Waals surface area contributed by atoms with Gasteiger partial charge in [-0.3, -0.25) is 4.79 Å². The molecule has 0 fully saturated rings. The fourth-order valence-electron chi connectivity index (χ4n) is 1.41. The average Bonchev–Trinajstić information content (AvgIpc) is 2.28. The molecule has 1 amide bonds. The molecule has 1 rings (SSSR count). The van der Waals surface area contributed by atoms with Gasteiger partial charge in [0, 0.05) is 5.69 Å². The molecule has 0 spiro atoms. The van der Waals surface area contributed by atoms with E-state index in [0.29, 0.717) is 5.69 Å². The molecule has 1 atom stereocenters. The lowest BCUT2D eigenvalue weighted by Crippen LogP contribution is -2.41. The zero-order valence-corrected chi connectivity index (χ0v) is 9.97. The van der Waals surface area contributed by atoms with Gasteiger partial charge in [-0.1, -0.05) is 13.8 Å². The zero-order valence-electron chi connectivity index (χ0n) is 9.97. The highest BCUT2D eigenvalue weighted by Crippen LogP contribution is 2.18. The Morgan fingerprint density at radius 2 is 2.12 bits per heavy atom. The minimum absolute atomic E-state index is 0.0190. The van der Waals surface area contributed by atoms with Crippen LogP contribution in [0.2, 0.25) is 0 Å². The Balaban J connectivity index is 2.86. The fourth-order valence-corrected chi connectivity index (χ4v) is 1.41. The minimum Gasteiger partial charge on any atom is -0.508 e. The van der Waals surface area contributed by atoms with Crippen molar-refractivity contribution in [2.75, 3.05) is 12.3 Å². The van der Waals surface area contributed by atoms with E-state index >= 15 is 0 Å². The van der Waals surface area contributed by atoms with Gasteiger partial charge >= 0.3 is 0 Å². The maximum atomic E-state index is 11.9. The quantitative estimate of drug-likeness (QED) is 0.459. The van der Waals surface area contributed by atoms with Crippen LogP contribution >= 0.6 is 0 Å². The topological polar surface area (TPSA) is 95.6 Å². The number of carbonyl (C=O) groups is 1. The summed E-state index contributed by atoms with van der Waals surface area (Å²) >= 11 is 0. The van der Waals surface area contributed by atoms with Crippen molar-refractivity contribution in [3.8, 4) is 5.75 Å². The molecule has 0 bridgehead atoms. The van der Waals surface area contributed by atoms with Gasteiger partial charge in [-0.15, -0.1) is 0 Å². The van der Waals surface area contributed by atoms with Crippen molar-refractivity contribution in [2.24, 2.45) is 5.92 Å². The van der Waals surface area contributed by atoms with Crippen molar-refractivity contribution < 1.29 is 15.0 Å². The van der Waals surface area contributed by atoms with Gasteiger partial charge in [0.05, 0.1) is 18.2 Å². The van der Waals surface area contributed by atoms with E-state index in [9.17, 15) is 9.90 Å². The van der Waals surface area contributed by atoms with Crippen LogP contribution in [0.1, 0.15) is 24.2 Å². The van der Waals surface area contributed by atoms with E-state index in [0.717, 1.165) is 0 Å². The van der Waals surface area contributed by atoms with Gasteiger partial charge in [-0.05, 0) is 24.1 Å². The molecule has 0 aromatic heterocycles. The molecule has 1 aromatic rings. The van der Waals surface area contributed by atoms with E-state index < -0.39 is 5.91 Å². The van der Waals surface area contributed by atoms with Crippen LogP contribution in [0.15, 0.2) is 18.2 Å². The number of nitrogens with two attached hydrogens (primary N) is 1. The Morgan fingerprint density at radius 1 is 1.47 bits per heavy atom. The standard InChI is InChI=1S/C12H18N2O3/c1-7(2)11(6-15)14-12(17)9-5-8(16)3-4-10(9)13/h3-5,7,11,15-16H,6,13H2,1-2H3,(H,14,17).